The zero-order valence-corrected chi connectivity index (χ0v) is 10.7. The quantitative estimate of drug-likeness (QED) is 0.790. The summed E-state index contributed by atoms with van der Waals surface area (Å²) in [6.45, 7) is 5.21. The van der Waals surface area contributed by atoms with E-state index in [1.807, 2.05) is 0 Å². The van der Waals surface area contributed by atoms with Gasteiger partial charge in [0.2, 0.25) is 0 Å². The summed E-state index contributed by atoms with van der Waals surface area (Å²) in [5, 5.41) is 10.7. The van der Waals surface area contributed by atoms with Crippen LogP contribution < -0.4 is 5.32 Å². The highest BCUT2D eigenvalue weighted by molar-refractivity contribution is 5.01. The van der Waals surface area contributed by atoms with Crippen molar-refractivity contribution < 1.29 is 0 Å². The maximum Gasteiger partial charge on any atom is 0.150 e. The SMILES string of the molecule is CCc1n[nH]c(CNC(C)[C@@H]2C[C@H]2C2CC2)n1. The summed E-state index contributed by atoms with van der Waals surface area (Å²) in [6, 6.07) is 0.621. The Morgan fingerprint density at radius 2 is 2.29 bits per heavy atom. The predicted octanol–water partition coefficient (Wildman–Crippen LogP) is 1.89. The maximum absolute atomic E-state index is 4.42. The molecule has 0 aliphatic heterocycles. The van der Waals surface area contributed by atoms with Crippen molar-refractivity contribution in [2.45, 2.75) is 52.1 Å². The molecule has 0 bridgehead atoms. The number of nitrogens with zero attached hydrogens (tertiary/aromatic N) is 2. The van der Waals surface area contributed by atoms with Crippen LogP contribution in [-0.2, 0) is 13.0 Å². The van der Waals surface area contributed by atoms with Gasteiger partial charge in [0, 0.05) is 12.5 Å². The van der Waals surface area contributed by atoms with E-state index in [-0.39, 0.29) is 0 Å². The third-order valence-electron chi connectivity index (χ3n) is 4.25. The van der Waals surface area contributed by atoms with Gasteiger partial charge in [0.25, 0.3) is 0 Å². The van der Waals surface area contributed by atoms with Gasteiger partial charge in [-0.15, -0.1) is 0 Å². The lowest BCUT2D eigenvalue weighted by atomic mass is 10.1. The number of H-pyrrole nitrogens is 1. The molecule has 3 rings (SSSR count). The first-order chi connectivity index (χ1) is 8.28. The van der Waals surface area contributed by atoms with Gasteiger partial charge in [0.1, 0.15) is 11.6 Å². The van der Waals surface area contributed by atoms with Gasteiger partial charge in [-0.05, 0) is 43.9 Å². The fraction of sp³-hybridized carbons (Fsp3) is 0.846. The van der Waals surface area contributed by atoms with Crippen molar-refractivity contribution in [2.24, 2.45) is 17.8 Å². The minimum Gasteiger partial charge on any atom is -0.307 e. The molecule has 94 valence electrons. The van der Waals surface area contributed by atoms with Crippen molar-refractivity contribution in [3.05, 3.63) is 11.6 Å². The molecule has 2 fully saturated rings. The molecule has 0 spiro atoms. The van der Waals surface area contributed by atoms with Crippen molar-refractivity contribution in [3.8, 4) is 0 Å². The van der Waals surface area contributed by atoms with Gasteiger partial charge in [-0.3, -0.25) is 5.10 Å². The van der Waals surface area contributed by atoms with Gasteiger partial charge in [-0.2, -0.15) is 5.10 Å². The maximum atomic E-state index is 4.42. The van der Waals surface area contributed by atoms with Gasteiger partial charge in [0.15, 0.2) is 0 Å². The van der Waals surface area contributed by atoms with Gasteiger partial charge in [-0.1, -0.05) is 6.92 Å². The first-order valence-electron chi connectivity index (χ1n) is 6.91. The molecule has 0 saturated heterocycles. The molecular weight excluding hydrogens is 212 g/mol. The second kappa shape index (κ2) is 4.41. The number of aromatic amines is 1. The number of rotatable bonds is 6. The smallest absolute Gasteiger partial charge is 0.150 e. The van der Waals surface area contributed by atoms with Gasteiger partial charge in [-0.25, -0.2) is 4.98 Å². The molecule has 0 amide bonds. The molecular formula is C13H22N4. The van der Waals surface area contributed by atoms with E-state index < -0.39 is 0 Å². The summed E-state index contributed by atoms with van der Waals surface area (Å²) in [4.78, 5) is 4.42. The molecule has 0 radical (unpaired) electrons. The zero-order valence-electron chi connectivity index (χ0n) is 10.7. The van der Waals surface area contributed by atoms with Crippen LogP contribution >= 0.6 is 0 Å². The minimum absolute atomic E-state index is 0.621. The van der Waals surface area contributed by atoms with Crippen LogP contribution in [0, 0.1) is 17.8 Å². The van der Waals surface area contributed by atoms with E-state index in [1.165, 1.54) is 19.3 Å². The fourth-order valence-corrected chi connectivity index (χ4v) is 2.86. The molecule has 1 heterocycles. The monoisotopic (exact) mass is 234 g/mol. The van der Waals surface area contributed by atoms with Crippen LogP contribution in [0.25, 0.3) is 0 Å². The fourth-order valence-electron chi connectivity index (χ4n) is 2.86. The Bertz CT molecular complexity index is 383. The highest BCUT2D eigenvalue weighted by Gasteiger charge is 2.49. The molecule has 2 saturated carbocycles. The Morgan fingerprint density at radius 1 is 1.47 bits per heavy atom. The summed E-state index contributed by atoms with van der Waals surface area (Å²) < 4.78 is 0. The third-order valence-corrected chi connectivity index (χ3v) is 4.25. The van der Waals surface area contributed by atoms with Crippen molar-refractivity contribution >= 4 is 0 Å². The van der Waals surface area contributed by atoms with Crippen molar-refractivity contribution in [1.82, 2.24) is 20.5 Å². The zero-order chi connectivity index (χ0) is 11.8. The Balaban J connectivity index is 1.44. The van der Waals surface area contributed by atoms with E-state index in [4.69, 9.17) is 0 Å². The first kappa shape index (κ1) is 11.2. The molecule has 2 aliphatic rings. The summed E-state index contributed by atoms with van der Waals surface area (Å²) in [7, 11) is 0. The van der Waals surface area contributed by atoms with E-state index in [1.54, 1.807) is 0 Å². The normalized spacial score (nSPS) is 29.3. The minimum atomic E-state index is 0.621. The van der Waals surface area contributed by atoms with Crippen molar-refractivity contribution in [2.75, 3.05) is 0 Å². The lowest BCUT2D eigenvalue weighted by molar-refractivity contribution is 0.451. The molecule has 1 aromatic rings. The topological polar surface area (TPSA) is 53.6 Å². The lowest BCUT2D eigenvalue weighted by Gasteiger charge is -2.12. The lowest BCUT2D eigenvalue weighted by Crippen LogP contribution is -2.28. The summed E-state index contributed by atoms with van der Waals surface area (Å²) >= 11 is 0. The van der Waals surface area contributed by atoms with Gasteiger partial charge in [0.05, 0.1) is 6.54 Å². The van der Waals surface area contributed by atoms with Crippen molar-refractivity contribution in [3.63, 3.8) is 0 Å². The van der Waals surface area contributed by atoms with Crippen LogP contribution in [-0.4, -0.2) is 21.2 Å². The highest BCUT2D eigenvalue weighted by Crippen LogP contribution is 2.55. The summed E-state index contributed by atoms with van der Waals surface area (Å²) in [5.41, 5.74) is 0. The van der Waals surface area contributed by atoms with E-state index in [2.05, 4.69) is 34.3 Å². The van der Waals surface area contributed by atoms with Crippen LogP contribution in [0.2, 0.25) is 0 Å². The average Bonchev–Trinajstić information content (AvgIpc) is 3.21. The average molecular weight is 234 g/mol. The van der Waals surface area contributed by atoms with E-state index >= 15 is 0 Å². The molecule has 17 heavy (non-hydrogen) atoms. The van der Waals surface area contributed by atoms with Crippen LogP contribution in [0.1, 0.15) is 44.8 Å². The van der Waals surface area contributed by atoms with E-state index in [0.29, 0.717) is 6.04 Å². The molecule has 2 aliphatic carbocycles. The highest BCUT2D eigenvalue weighted by atomic mass is 15.2. The summed E-state index contributed by atoms with van der Waals surface area (Å²) in [6.07, 6.45) is 5.31. The van der Waals surface area contributed by atoms with E-state index in [0.717, 1.165) is 42.4 Å². The van der Waals surface area contributed by atoms with Crippen LogP contribution in [0.5, 0.6) is 0 Å². The second-order valence-electron chi connectivity index (χ2n) is 5.62. The molecule has 0 aromatic carbocycles. The Hall–Kier alpha value is -0.900. The number of nitrogens with one attached hydrogen (secondary N) is 2. The standard InChI is InChI=1S/C13H22N4/c1-3-12-15-13(17-16-12)7-14-8(2)10-6-11(10)9-4-5-9/h8-11,14H,3-7H2,1-2H3,(H,15,16,17)/t8?,10-,11-/m0/s1. The third kappa shape index (κ3) is 2.51. The Morgan fingerprint density at radius 3 is 2.94 bits per heavy atom. The number of aromatic nitrogens is 3. The molecule has 4 heteroatoms. The Kier molecular flexibility index (Phi) is 2.90. The second-order valence-corrected chi connectivity index (χ2v) is 5.62. The van der Waals surface area contributed by atoms with Crippen LogP contribution in [0.15, 0.2) is 0 Å². The van der Waals surface area contributed by atoms with Crippen molar-refractivity contribution in [1.29, 1.82) is 0 Å². The largest absolute Gasteiger partial charge is 0.307 e. The molecule has 2 N–H and O–H groups in total. The molecule has 1 unspecified atom stereocenters. The first-order valence-corrected chi connectivity index (χ1v) is 6.91. The van der Waals surface area contributed by atoms with E-state index in [9.17, 15) is 0 Å². The van der Waals surface area contributed by atoms with Crippen LogP contribution in [0.4, 0.5) is 0 Å². The molecule has 1 aromatic heterocycles. The Labute approximate surface area is 103 Å². The van der Waals surface area contributed by atoms with Crippen LogP contribution in [0.3, 0.4) is 0 Å². The number of aryl methyl sites for hydroxylation is 1. The van der Waals surface area contributed by atoms with Gasteiger partial charge < -0.3 is 5.32 Å². The molecule has 3 atom stereocenters. The molecule has 4 nitrogen and oxygen atoms in total. The number of hydrogen-bond acceptors (Lipinski definition) is 3. The number of hydrogen-bond donors (Lipinski definition) is 2. The van der Waals surface area contributed by atoms with Gasteiger partial charge >= 0.3 is 0 Å². The predicted molar refractivity (Wildman–Crippen MR) is 66.4 cm³/mol. The summed E-state index contributed by atoms with van der Waals surface area (Å²) in [5.74, 6) is 4.89.